The molecule has 1 amide bonds. The highest BCUT2D eigenvalue weighted by molar-refractivity contribution is 7.92. The van der Waals surface area contributed by atoms with Crippen molar-refractivity contribution in [2.75, 3.05) is 4.72 Å². The highest BCUT2D eigenvalue weighted by atomic mass is 32.2. The second-order valence-corrected chi connectivity index (χ2v) is 8.75. The molecule has 2 aromatic carbocycles. The first-order valence-corrected chi connectivity index (χ1v) is 10.7. The molecule has 0 saturated carbocycles. The van der Waals surface area contributed by atoms with Crippen LogP contribution in [0, 0.1) is 19.7 Å². The van der Waals surface area contributed by atoms with Crippen LogP contribution in [0.3, 0.4) is 0 Å². The Hall–Kier alpha value is -2.78. The fourth-order valence-electron chi connectivity index (χ4n) is 2.50. The Kier molecular flexibility index (Phi) is 5.76. The molecule has 1 heterocycles. The molecule has 0 unspecified atom stereocenters. The van der Waals surface area contributed by atoms with Gasteiger partial charge in [0.05, 0.1) is 11.4 Å². The third-order valence-corrected chi connectivity index (χ3v) is 6.39. The van der Waals surface area contributed by atoms with Crippen LogP contribution in [0.2, 0.25) is 0 Å². The van der Waals surface area contributed by atoms with Crippen molar-refractivity contribution in [1.29, 1.82) is 0 Å². The van der Waals surface area contributed by atoms with Gasteiger partial charge in [-0.25, -0.2) is 17.8 Å². The minimum Gasteiger partial charge on any atom is -0.346 e. The second kappa shape index (κ2) is 8.07. The number of amides is 1. The molecule has 1 aromatic heterocycles. The maximum atomic E-state index is 13.0. The van der Waals surface area contributed by atoms with Crippen molar-refractivity contribution in [3.05, 3.63) is 75.5 Å². The summed E-state index contributed by atoms with van der Waals surface area (Å²) in [5, 5.41) is 5.39. The van der Waals surface area contributed by atoms with Gasteiger partial charge in [0.25, 0.3) is 15.9 Å². The molecule has 0 aliphatic rings. The van der Waals surface area contributed by atoms with Crippen LogP contribution in [-0.2, 0) is 16.6 Å². The smallest absolute Gasteiger partial charge is 0.262 e. The van der Waals surface area contributed by atoms with Crippen molar-refractivity contribution >= 4 is 33.0 Å². The Morgan fingerprint density at radius 1 is 1.14 bits per heavy atom. The van der Waals surface area contributed by atoms with E-state index in [-0.39, 0.29) is 22.7 Å². The Bertz CT molecular complexity index is 1110. The van der Waals surface area contributed by atoms with Gasteiger partial charge < -0.3 is 5.32 Å². The van der Waals surface area contributed by atoms with Crippen LogP contribution in [0.1, 0.15) is 26.6 Å². The number of hydrogen-bond donors (Lipinski definition) is 2. The lowest BCUT2D eigenvalue weighted by Gasteiger charge is -2.12. The molecule has 6 nitrogen and oxygen atoms in total. The minimum absolute atomic E-state index is 0.0189. The number of benzene rings is 2. The molecule has 0 radical (unpaired) electrons. The van der Waals surface area contributed by atoms with Gasteiger partial charge in [-0.3, -0.25) is 9.52 Å². The summed E-state index contributed by atoms with van der Waals surface area (Å²) in [7, 11) is -3.94. The number of nitrogens with one attached hydrogen (secondary N) is 2. The quantitative estimate of drug-likeness (QED) is 0.639. The summed E-state index contributed by atoms with van der Waals surface area (Å²) in [6, 6.07) is 9.44. The zero-order valence-electron chi connectivity index (χ0n) is 15.2. The van der Waals surface area contributed by atoms with Crippen molar-refractivity contribution in [2.45, 2.75) is 25.3 Å². The van der Waals surface area contributed by atoms with Gasteiger partial charge in [-0.05, 0) is 55.8 Å². The lowest BCUT2D eigenvalue weighted by molar-refractivity contribution is 0.0950. The summed E-state index contributed by atoms with van der Waals surface area (Å²) in [6.45, 7) is 3.77. The molecule has 0 aliphatic heterocycles. The summed E-state index contributed by atoms with van der Waals surface area (Å²) in [4.78, 5) is 16.7. The van der Waals surface area contributed by atoms with Crippen molar-refractivity contribution in [2.24, 2.45) is 0 Å². The molecule has 0 atom stereocenters. The summed E-state index contributed by atoms with van der Waals surface area (Å²) in [6.07, 6.45) is 0. The van der Waals surface area contributed by atoms with Crippen LogP contribution in [0.5, 0.6) is 0 Å². The van der Waals surface area contributed by atoms with E-state index >= 15 is 0 Å². The molecule has 0 aliphatic carbocycles. The highest BCUT2D eigenvalue weighted by Crippen LogP contribution is 2.21. The largest absolute Gasteiger partial charge is 0.346 e. The maximum Gasteiger partial charge on any atom is 0.262 e. The zero-order chi connectivity index (χ0) is 20.3. The highest BCUT2D eigenvalue weighted by Gasteiger charge is 2.19. The average Bonchev–Trinajstić information content (AvgIpc) is 3.07. The Morgan fingerprint density at radius 3 is 2.50 bits per heavy atom. The van der Waals surface area contributed by atoms with Crippen LogP contribution < -0.4 is 10.0 Å². The number of carbonyl (C=O) groups excluding carboxylic acids is 1. The van der Waals surface area contributed by atoms with Crippen LogP contribution in [-0.4, -0.2) is 19.3 Å². The van der Waals surface area contributed by atoms with E-state index in [1.54, 1.807) is 19.1 Å². The number of sulfonamides is 1. The maximum absolute atomic E-state index is 13.0. The normalized spacial score (nSPS) is 11.2. The zero-order valence-corrected chi connectivity index (χ0v) is 16.8. The SMILES string of the molecule is Cc1csc(CNC(=O)c2ccc(C)c(S(=O)(=O)Nc3ccc(F)cc3)c2)n1. The summed E-state index contributed by atoms with van der Waals surface area (Å²) in [5.74, 6) is -0.862. The molecule has 3 aromatic rings. The molecule has 3 rings (SSSR count). The van der Waals surface area contributed by atoms with Gasteiger partial charge >= 0.3 is 0 Å². The third kappa shape index (κ3) is 4.73. The summed E-state index contributed by atoms with van der Waals surface area (Å²) in [5.41, 5.74) is 1.82. The van der Waals surface area contributed by atoms with Crippen LogP contribution in [0.25, 0.3) is 0 Å². The number of hydrogen-bond acceptors (Lipinski definition) is 5. The molecular formula is C19H18FN3O3S2. The van der Waals surface area contributed by atoms with Gasteiger partial charge in [-0.1, -0.05) is 6.07 Å². The number of halogens is 1. The number of carbonyl (C=O) groups is 1. The van der Waals surface area contributed by atoms with Gasteiger partial charge in [-0.2, -0.15) is 0 Å². The van der Waals surface area contributed by atoms with Crippen LogP contribution >= 0.6 is 11.3 Å². The van der Waals surface area contributed by atoms with Gasteiger partial charge in [0.2, 0.25) is 0 Å². The molecule has 0 bridgehead atoms. The monoisotopic (exact) mass is 419 g/mol. The number of thiazole rings is 1. The van der Waals surface area contributed by atoms with E-state index in [0.717, 1.165) is 22.8 Å². The van der Waals surface area contributed by atoms with Crippen molar-refractivity contribution in [1.82, 2.24) is 10.3 Å². The van der Waals surface area contributed by atoms with Gasteiger partial charge in [0, 0.05) is 22.3 Å². The number of aryl methyl sites for hydroxylation is 2. The molecule has 0 saturated heterocycles. The number of rotatable bonds is 6. The van der Waals surface area contributed by atoms with Crippen molar-refractivity contribution in [3.8, 4) is 0 Å². The fraction of sp³-hybridized carbons (Fsp3) is 0.158. The van der Waals surface area contributed by atoms with E-state index in [4.69, 9.17) is 0 Å². The Morgan fingerprint density at radius 2 is 1.86 bits per heavy atom. The number of nitrogens with zero attached hydrogens (tertiary/aromatic N) is 1. The number of aromatic nitrogens is 1. The molecule has 0 fully saturated rings. The van der Waals surface area contributed by atoms with Crippen molar-refractivity contribution in [3.63, 3.8) is 0 Å². The lowest BCUT2D eigenvalue weighted by Crippen LogP contribution is -2.23. The fourth-order valence-corrected chi connectivity index (χ4v) is 4.54. The van der Waals surface area contributed by atoms with Crippen LogP contribution in [0.15, 0.2) is 52.7 Å². The summed E-state index contributed by atoms with van der Waals surface area (Å²) < 4.78 is 40.9. The predicted octanol–water partition coefficient (Wildman–Crippen LogP) is 3.63. The first kappa shape index (κ1) is 20.0. The van der Waals surface area contributed by atoms with E-state index in [2.05, 4.69) is 15.0 Å². The molecule has 28 heavy (non-hydrogen) atoms. The first-order valence-electron chi connectivity index (χ1n) is 8.33. The standard InChI is InChI=1S/C19H18FN3O3S2/c1-12-3-4-14(19(24)21-10-18-22-13(2)11-27-18)9-17(12)28(25,26)23-16-7-5-15(20)6-8-16/h3-9,11,23H,10H2,1-2H3,(H,21,24). The van der Waals surface area contributed by atoms with Crippen LogP contribution in [0.4, 0.5) is 10.1 Å². The third-order valence-electron chi connectivity index (χ3n) is 3.90. The first-order chi connectivity index (χ1) is 13.2. The van der Waals surface area contributed by atoms with Crippen molar-refractivity contribution < 1.29 is 17.6 Å². The molecule has 0 spiro atoms. The van der Waals surface area contributed by atoms with Gasteiger partial charge in [0.1, 0.15) is 10.8 Å². The lowest BCUT2D eigenvalue weighted by atomic mass is 10.1. The van der Waals surface area contributed by atoms with Gasteiger partial charge in [-0.15, -0.1) is 11.3 Å². The van der Waals surface area contributed by atoms with Gasteiger partial charge in [0.15, 0.2) is 0 Å². The Balaban J connectivity index is 1.79. The van der Waals surface area contributed by atoms with E-state index in [1.165, 1.54) is 29.5 Å². The Labute approximate surface area is 166 Å². The molecule has 2 N–H and O–H groups in total. The second-order valence-electron chi connectivity index (χ2n) is 6.16. The van der Waals surface area contributed by atoms with E-state index in [0.29, 0.717) is 5.56 Å². The van der Waals surface area contributed by atoms with E-state index < -0.39 is 21.7 Å². The minimum atomic E-state index is -3.94. The van der Waals surface area contributed by atoms with E-state index in [1.807, 2.05) is 12.3 Å². The average molecular weight is 420 g/mol. The molecular weight excluding hydrogens is 401 g/mol. The summed E-state index contributed by atoms with van der Waals surface area (Å²) >= 11 is 1.44. The molecule has 146 valence electrons. The predicted molar refractivity (Wildman–Crippen MR) is 106 cm³/mol. The molecule has 9 heteroatoms. The van der Waals surface area contributed by atoms with E-state index in [9.17, 15) is 17.6 Å². The number of anilines is 1. The topological polar surface area (TPSA) is 88.2 Å².